The SMILES string of the molecule is COc1ccccc1CCN1COc2c(cc3c(c2C)O/C(=C\c2cccc(OC)c2OC)C3=O)C1. The van der Waals surface area contributed by atoms with E-state index in [4.69, 9.17) is 23.7 Å². The highest BCUT2D eigenvalue weighted by molar-refractivity contribution is 6.15. The molecule has 0 unspecified atom stereocenters. The van der Waals surface area contributed by atoms with Gasteiger partial charge in [0.05, 0.1) is 26.9 Å². The van der Waals surface area contributed by atoms with Gasteiger partial charge in [-0.2, -0.15) is 0 Å². The van der Waals surface area contributed by atoms with Gasteiger partial charge in [0, 0.05) is 29.8 Å². The van der Waals surface area contributed by atoms with Gasteiger partial charge in [0.15, 0.2) is 17.3 Å². The number of rotatable bonds is 7. The number of carbonyl (C=O) groups is 1. The van der Waals surface area contributed by atoms with Crippen LogP contribution in [-0.2, 0) is 13.0 Å². The Kier molecular flexibility index (Phi) is 6.57. The lowest BCUT2D eigenvalue weighted by Crippen LogP contribution is -2.34. The van der Waals surface area contributed by atoms with Crippen LogP contribution in [0.2, 0.25) is 0 Å². The van der Waals surface area contributed by atoms with Crippen molar-refractivity contribution in [3.05, 3.63) is 82.1 Å². The number of hydrogen-bond donors (Lipinski definition) is 0. The lowest BCUT2D eigenvalue weighted by atomic mass is 9.99. The minimum Gasteiger partial charge on any atom is -0.496 e. The maximum Gasteiger partial charge on any atom is 0.231 e. The Hall–Kier alpha value is -3.97. The highest BCUT2D eigenvalue weighted by atomic mass is 16.5. The van der Waals surface area contributed by atoms with E-state index in [1.54, 1.807) is 27.4 Å². The van der Waals surface area contributed by atoms with E-state index in [2.05, 4.69) is 11.0 Å². The summed E-state index contributed by atoms with van der Waals surface area (Å²) in [5.41, 5.74) is 4.22. The standard InChI is InChI=1S/C29H29NO6/c1-18-27-21(16-30(17-35-27)13-12-19-8-5-6-10-23(19)32-2)14-22-26(31)25(36-28(18)22)15-20-9-7-11-24(33-3)29(20)34-4/h5-11,14-15H,12-13,16-17H2,1-4H3/b25-15-. The molecule has 2 aliphatic rings. The second-order valence-electron chi connectivity index (χ2n) is 8.78. The van der Waals surface area contributed by atoms with Crippen LogP contribution in [0.15, 0.2) is 54.3 Å². The van der Waals surface area contributed by atoms with Crippen LogP contribution in [0.25, 0.3) is 6.08 Å². The molecule has 7 heteroatoms. The van der Waals surface area contributed by atoms with Crippen molar-refractivity contribution in [2.75, 3.05) is 34.6 Å². The Morgan fingerprint density at radius 2 is 1.75 bits per heavy atom. The van der Waals surface area contributed by atoms with Crippen molar-refractivity contribution in [1.82, 2.24) is 4.90 Å². The third kappa shape index (κ3) is 4.27. The number of benzene rings is 3. The van der Waals surface area contributed by atoms with E-state index < -0.39 is 0 Å². The number of allylic oxidation sites excluding steroid dienone is 1. The van der Waals surface area contributed by atoms with Gasteiger partial charge >= 0.3 is 0 Å². The molecule has 2 heterocycles. The lowest BCUT2D eigenvalue weighted by molar-refractivity contribution is 0.0952. The van der Waals surface area contributed by atoms with E-state index in [1.807, 2.05) is 49.4 Å². The Morgan fingerprint density at radius 1 is 0.972 bits per heavy atom. The smallest absolute Gasteiger partial charge is 0.231 e. The first-order valence-corrected chi connectivity index (χ1v) is 11.8. The maximum absolute atomic E-state index is 13.3. The van der Waals surface area contributed by atoms with Gasteiger partial charge in [-0.05, 0) is 43.2 Å². The average Bonchev–Trinajstić information content (AvgIpc) is 3.22. The number of carbonyl (C=O) groups excluding carboxylic acids is 1. The van der Waals surface area contributed by atoms with E-state index in [0.29, 0.717) is 41.7 Å². The van der Waals surface area contributed by atoms with Crippen LogP contribution < -0.4 is 23.7 Å². The average molecular weight is 488 g/mol. The van der Waals surface area contributed by atoms with E-state index >= 15 is 0 Å². The zero-order valence-corrected chi connectivity index (χ0v) is 20.9. The summed E-state index contributed by atoms with van der Waals surface area (Å²) in [6, 6.07) is 15.5. The molecule has 186 valence electrons. The maximum atomic E-state index is 13.3. The second-order valence-corrected chi connectivity index (χ2v) is 8.78. The summed E-state index contributed by atoms with van der Waals surface area (Å²) in [5.74, 6) is 3.44. The minimum atomic E-state index is -0.160. The summed E-state index contributed by atoms with van der Waals surface area (Å²) >= 11 is 0. The first-order chi connectivity index (χ1) is 17.5. The number of methoxy groups -OCH3 is 3. The molecule has 36 heavy (non-hydrogen) atoms. The van der Waals surface area contributed by atoms with Crippen LogP contribution in [0, 0.1) is 6.92 Å². The molecular weight excluding hydrogens is 458 g/mol. The van der Waals surface area contributed by atoms with Crippen molar-refractivity contribution in [1.29, 1.82) is 0 Å². The summed E-state index contributed by atoms with van der Waals surface area (Å²) in [7, 11) is 4.84. The first-order valence-electron chi connectivity index (χ1n) is 11.8. The van der Waals surface area contributed by atoms with Gasteiger partial charge in [-0.25, -0.2) is 0 Å². The monoisotopic (exact) mass is 487 g/mol. The predicted molar refractivity (Wildman–Crippen MR) is 136 cm³/mol. The molecule has 2 aliphatic heterocycles. The Morgan fingerprint density at radius 3 is 2.53 bits per heavy atom. The summed E-state index contributed by atoms with van der Waals surface area (Å²) < 4.78 is 28.6. The number of fused-ring (bicyclic) bond motifs is 2. The minimum absolute atomic E-state index is 0.160. The van der Waals surface area contributed by atoms with Gasteiger partial charge in [0.2, 0.25) is 5.78 Å². The molecule has 0 fully saturated rings. The van der Waals surface area contributed by atoms with Gasteiger partial charge in [-0.3, -0.25) is 9.69 Å². The van der Waals surface area contributed by atoms with Crippen molar-refractivity contribution >= 4 is 11.9 Å². The van der Waals surface area contributed by atoms with Crippen LogP contribution >= 0.6 is 0 Å². The van der Waals surface area contributed by atoms with Gasteiger partial charge < -0.3 is 23.7 Å². The topological polar surface area (TPSA) is 66.5 Å². The molecule has 5 rings (SSSR count). The van der Waals surface area contributed by atoms with Crippen LogP contribution in [0.5, 0.6) is 28.7 Å². The number of hydrogen-bond acceptors (Lipinski definition) is 7. The van der Waals surface area contributed by atoms with Gasteiger partial charge in [0.1, 0.15) is 24.0 Å². The predicted octanol–water partition coefficient (Wildman–Crippen LogP) is 5.03. The molecule has 0 aliphatic carbocycles. The summed E-state index contributed by atoms with van der Waals surface area (Å²) in [5, 5.41) is 0. The molecule has 0 radical (unpaired) electrons. The largest absolute Gasteiger partial charge is 0.496 e. The fourth-order valence-corrected chi connectivity index (χ4v) is 4.79. The second kappa shape index (κ2) is 9.95. The van der Waals surface area contributed by atoms with Gasteiger partial charge in [-0.1, -0.05) is 30.3 Å². The van der Waals surface area contributed by atoms with Crippen molar-refractivity contribution in [3.8, 4) is 28.7 Å². The number of nitrogens with zero attached hydrogens (tertiary/aromatic N) is 1. The third-order valence-electron chi connectivity index (χ3n) is 6.61. The molecule has 0 aromatic heterocycles. The molecule has 0 spiro atoms. The van der Waals surface area contributed by atoms with E-state index in [9.17, 15) is 4.79 Å². The first kappa shape index (κ1) is 23.8. The van der Waals surface area contributed by atoms with E-state index in [1.165, 1.54) is 0 Å². The number of para-hydroxylation sites is 2. The molecular formula is C29H29NO6. The molecule has 0 amide bonds. The number of Topliss-reactive ketones (excluding diaryl/α,β-unsaturated/α-hetero) is 1. The molecule has 0 saturated heterocycles. The molecule has 0 saturated carbocycles. The fourth-order valence-electron chi connectivity index (χ4n) is 4.79. The van der Waals surface area contributed by atoms with E-state index in [0.717, 1.165) is 41.2 Å². The Labute approximate surface area is 210 Å². The van der Waals surface area contributed by atoms with Crippen molar-refractivity contribution in [3.63, 3.8) is 0 Å². The summed E-state index contributed by atoms with van der Waals surface area (Å²) in [4.78, 5) is 15.5. The Bertz CT molecular complexity index is 1350. The molecule has 0 bridgehead atoms. The molecule has 3 aromatic rings. The van der Waals surface area contributed by atoms with Crippen LogP contribution in [-0.4, -0.2) is 45.3 Å². The van der Waals surface area contributed by atoms with Crippen molar-refractivity contribution < 1.29 is 28.5 Å². The highest BCUT2D eigenvalue weighted by Crippen LogP contribution is 2.44. The zero-order chi connectivity index (χ0) is 25.2. The normalized spacial score (nSPS) is 15.7. The highest BCUT2D eigenvalue weighted by Gasteiger charge is 2.34. The number of ether oxygens (including phenoxy) is 5. The van der Waals surface area contributed by atoms with Gasteiger partial charge in [-0.15, -0.1) is 0 Å². The molecule has 7 nitrogen and oxygen atoms in total. The Balaban J connectivity index is 1.38. The van der Waals surface area contributed by atoms with Crippen LogP contribution in [0.3, 0.4) is 0 Å². The zero-order valence-electron chi connectivity index (χ0n) is 20.9. The lowest BCUT2D eigenvalue weighted by Gasteiger charge is -2.30. The third-order valence-corrected chi connectivity index (χ3v) is 6.61. The van der Waals surface area contributed by atoms with Crippen molar-refractivity contribution in [2.24, 2.45) is 0 Å². The molecule has 3 aromatic carbocycles. The number of ketones is 1. The van der Waals surface area contributed by atoms with Gasteiger partial charge in [0.25, 0.3) is 0 Å². The quantitative estimate of drug-likeness (QED) is 0.433. The molecule has 0 atom stereocenters. The van der Waals surface area contributed by atoms with Crippen LogP contribution in [0.4, 0.5) is 0 Å². The van der Waals surface area contributed by atoms with E-state index in [-0.39, 0.29) is 11.5 Å². The summed E-state index contributed by atoms with van der Waals surface area (Å²) in [6.45, 7) is 3.90. The van der Waals surface area contributed by atoms with Crippen LogP contribution in [0.1, 0.15) is 32.6 Å². The van der Waals surface area contributed by atoms with Crippen molar-refractivity contribution in [2.45, 2.75) is 19.9 Å². The molecule has 0 N–H and O–H groups in total. The summed E-state index contributed by atoms with van der Waals surface area (Å²) in [6.07, 6.45) is 2.53. The fraction of sp³-hybridized carbons (Fsp3) is 0.276.